The molecule has 2 rings (SSSR count). The van der Waals surface area contributed by atoms with Gasteiger partial charge in [0.1, 0.15) is 0 Å². The molecule has 1 heteroatoms. The van der Waals surface area contributed by atoms with Crippen LogP contribution in [0.2, 0.25) is 0 Å². The third kappa shape index (κ3) is 2.07. The molecule has 1 nitrogen and oxygen atoms in total. The highest BCUT2D eigenvalue weighted by atomic mass is 16.3. The number of hydrogen-bond donors (Lipinski definition) is 1. The first-order chi connectivity index (χ1) is 7.33. The average Bonchev–Trinajstić information content (AvgIpc) is 2.23. The lowest BCUT2D eigenvalue weighted by Crippen LogP contribution is -2.42. The van der Waals surface area contributed by atoms with Crippen molar-refractivity contribution in [2.45, 2.75) is 65.4 Å². The predicted molar refractivity (Wildman–Crippen MR) is 68.2 cm³/mol. The zero-order valence-corrected chi connectivity index (χ0v) is 11.2. The Morgan fingerprint density at radius 1 is 1.25 bits per heavy atom. The van der Waals surface area contributed by atoms with E-state index in [0.29, 0.717) is 17.3 Å². The maximum atomic E-state index is 10.6. The third-order valence-corrected chi connectivity index (χ3v) is 4.95. The molecule has 0 aromatic rings. The molecule has 1 N–H and O–H groups in total. The van der Waals surface area contributed by atoms with E-state index in [2.05, 4.69) is 33.8 Å². The van der Waals surface area contributed by atoms with Crippen LogP contribution in [0.3, 0.4) is 0 Å². The Balaban J connectivity index is 2.37. The topological polar surface area (TPSA) is 20.2 Å². The van der Waals surface area contributed by atoms with Gasteiger partial charge in [0.25, 0.3) is 0 Å². The average molecular weight is 222 g/mol. The number of aliphatic hydroxyl groups is 1. The molecule has 2 aliphatic rings. The molecule has 0 spiro atoms. The Bertz CT molecular complexity index is 299. The lowest BCUT2D eigenvalue weighted by Gasteiger charge is -2.44. The first-order valence-corrected chi connectivity index (χ1v) is 6.73. The van der Waals surface area contributed by atoms with Gasteiger partial charge in [0.2, 0.25) is 0 Å². The van der Waals surface area contributed by atoms with Crippen molar-refractivity contribution in [2.24, 2.45) is 17.3 Å². The normalized spacial score (nSPS) is 43.2. The highest BCUT2D eigenvalue weighted by Crippen LogP contribution is 2.51. The Kier molecular flexibility index (Phi) is 2.94. The van der Waals surface area contributed by atoms with Gasteiger partial charge in [-0.1, -0.05) is 31.9 Å². The molecule has 16 heavy (non-hydrogen) atoms. The summed E-state index contributed by atoms with van der Waals surface area (Å²) in [5.41, 5.74) is 1.43. The molecule has 0 aromatic carbocycles. The fourth-order valence-electron chi connectivity index (χ4n) is 3.79. The van der Waals surface area contributed by atoms with Gasteiger partial charge in [-0.15, -0.1) is 0 Å². The summed E-state index contributed by atoms with van der Waals surface area (Å²) in [6, 6.07) is 0. The van der Waals surface area contributed by atoms with Crippen LogP contribution in [-0.4, -0.2) is 10.7 Å². The largest absolute Gasteiger partial charge is 0.390 e. The Morgan fingerprint density at radius 2 is 1.94 bits per heavy atom. The van der Waals surface area contributed by atoms with Gasteiger partial charge in [0.05, 0.1) is 5.60 Å². The molecule has 92 valence electrons. The molecule has 0 aromatic heterocycles. The van der Waals surface area contributed by atoms with Crippen LogP contribution in [0.5, 0.6) is 0 Å². The van der Waals surface area contributed by atoms with E-state index in [1.807, 2.05) is 0 Å². The molecule has 1 fully saturated rings. The van der Waals surface area contributed by atoms with Crippen molar-refractivity contribution in [3.8, 4) is 0 Å². The molecule has 3 unspecified atom stereocenters. The summed E-state index contributed by atoms with van der Waals surface area (Å²) >= 11 is 0. The van der Waals surface area contributed by atoms with Crippen LogP contribution in [0.15, 0.2) is 11.6 Å². The van der Waals surface area contributed by atoms with Gasteiger partial charge in [0, 0.05) is 0 Å². The monoisotopic (exact) mass is 222 g/mol. The lowest BCUT2D eigenvalue weighted by molar-refractivity contribution is -0.0380. The Hall–Kier alpha value is -0.300. The minimum atomic E-state index is -0.449. The smallest absolute Gasteiger partial charge is 0.0653 e. The summed E-state index contributed by atoms with van der Waals surface area (Å²) in [6.45, 7) is 9.05. The minimum absolute atomic E-state index is 0.354. The van der Waals surface area contributed by atoms with E-state index in [-0.39, 0.29) is 0 Å². The number of fused-ring (bicyclic) bond motifs is 1. The summed E-state index contributed by atoms with van der Waals surface area (Å²) in [4.78, 5) is 0. The van der Waals surface area contributed by atoms with Gasteiger partial charge in [-0.2, -0.15) is 0 Å². The summed E-state index contributed by atoms with van der Waals surface area (Å²) < 4.78 is 0. The molecule has 0 saturated heterocycles. The van der Waals surface area contributed by atoms with Crippen LogP contribution in [0.1, 0.15) is 59.8 Å². The lowest BCUT2D eigenvalue weighted by atomic mass is 9.63. The molecule has 0 aliphatic heterocycles. The van der Waals surface area contributed by atoms with Crippen molar-refractivity contribution in [2.75, 3.05) is 0 Å². The summed E-state index contributed by atoms with van der Waals surface area (Å²) in [7, 11) is 0. The Morgan fingerprint density at radius 3 is 2.62 bits per heavy atom. The fraction of sp³-hybridized carbons (Fsp3) is 0.867. The first kappa shape index (κ1) is 12.2. The molecular weight excluding hydrogens is 196 g/mol. The number of allylic oxidation sites excluding steroid dienone is 2. The predicted octanol–water partition coefficient (Wildman–Crippen LogP) is 3.92. The van der Waals surface area contributed by atoms with Crippen molar-refractivity contribution >= 4 is 0 Å². The number of rotatable bonds is 0. The van der Waals surface area contributed by atoms with Crippen molar-refractivity contribution in [1.82, 2.24) is 0 Å². The van der Waals surface area contributed by atoms with Crippen molar-refractivity contribution in [1.29, 1.82) is 0 Å². The maximum absolute atomic E-state index is 10.6. The molecule has 0 heterocycles. The summed E-state index contributed by atoms with van der Waals surface area (Å²) in [5, 5.41) is 10.6. The van der Waals surface area contributed by atoms with Gasteiger partial charge in [-0.05, 0) is 56.8 Å². The second-order valence-electron chi connectivity index (χ2n) is 6.88. The second kappa shape index (κ2) is 3.87. The minimum Gasteiger partial charge on any atom is -0.390 e. The van der Waals surface area contributed by atoms with Gasteiger partial charge in [0.15, 0.2) is 0 Å². The molecule has 2 aliphatic carbocycles. The van der Waals surface area contributed by atoms with Crippen LogP contribution in [0.25, 0.3) is 0 Å². The van der Waals surface area contributed by atoms with Gasteiger partial charge in [-0.3, -0.25) is 0 Å². The fourth-order valence-corrected chi connectivity index (χ4v) is 3.79. The first-order valence-electron chi connectivity index (χ1n) is 6.73. The molecule has 0 bridgehead atoms. The second-order valence-corrected chi connectivity index (χ2v) is 6.88. The van der Waals surface area contributed by atoms with Crippen LogP contribution in [0, 0.1) is 17.3 Å². The van der Waals surface area contributed by atoms with E-state index >= 15 is 0 Å². The van der Waals surface area contributed by atoms with Crippen LogP contribution >= 0.6 is 0 Å². The quantitative estimate of drug-likeness (QED) is 0.616. The molecule has 3 atom stereocenters. The number of hydrogen-bond acceptors (Lipinski definition) is 1. The van der Waals surface area contributed by atoms with Gasteiger partial charge >= 0.3 is 0 Å². The highest BCUT2D eigenvalue weighted by Gasteiger charge is 2.46. The van der Waals surface area contributed by atoms with E-state index in [0.717, 1.165) is 6.42 Å². The Labute approximate surface area is 99.9 Å². The van der Waals surface area contributed by atoms with Crippen molar-refractivity contribution < 1.29 is 5.11 Å². The van der Waals surface area contributed by atoms with E-state index in [4.69, 9.17) is 0 Å². The molecule has 0 radical (unpaired) electrons. The van der Waals surface area contributed by atoms with Gasteiger partial charge in [-0.25, -0.2) is 0 Å². The van der Waals surface area contributed by atoms with E-state index in [9.17, 15) is 5.11 Å². The molecule has 1 saturated carbocycles. The van der Waals surface area contributed by atoms with Crippen molar-refractivity contribution in [3.05, 3.63) is 11.6 Å². The summed E-state index contributed by atoms with van der Waals surface area (Å²) in [5.74, 6) is 1.03. The summed E-state index contributed by atoms with van der Waals surface area (Å²) in [6.07, 6.45) is 8.18. The zero-order chi connectivity index (χ0) is 12.0. The SMILES string of the molecule is CC1=CC2C(CC1)C(C)(O)CCCC2(C)C. The maximum Gasteiger partial charge on any atom is 0.0653 e. The van der Waals surface area contributed by atoms with E-state index < -0.39 is 5.60 Å². The van der Waals surface area contributed by atoms with Crippen LogP contribution in [0.4, 0.5) is 0 Å². The molecular formula is C15H26O. The van der Waals surface area contributed by atoms with E-state index in [1.54, 1.807) is 0 Å². The van der Waals surface area contributed by atoms with Gasteiger partial charge < -0.3 is 5.11 Å². The zero-order valence-electron chi connectivity index (χ0n) is 11.2. The van der Waals surface area contributed by atoms with E-state index in [1.165, 1.54) is 31.3 Å². The van der Waals surface area contributed by atoms with Crippen LogP contribution in [-0.2, 0) is 0 Å². The molecule has 0 amide bonds. The third-order valence-electron chi connectivity index (χ3n) is 4.95. The van der Waals surface area contributed by atoms with Crippen LogP contribution < -0.4 is 0 Å². The van der Waals surface area contributed by atoms with Crippen molar-refractivity contribution in [3.63, 3.8) is 0 Å². The standard InChI is InChI=1S/C15H26O/c1-11-6-7-12-13(10-11)14(2,3)8-5-9-15(12,4)16/h10,12-13,16H,5-9H2,1-4H3. The highest BCUT2D eigenvalue weighted by molar-refractivity contribution is 5.14.